The SMILES string of the molecule is C=CCc1cc([C@H]2CCCN2)ccc1O. The lowest BCUT2D eigenvalue weighted by Crippen LogP contribution is -2.12. The normalized spacial score (nSPS) is 20.4. The van der Waals surface area contributed by atoms with Crippen molar-refractivity contribution in [2.75, 3.05) is 6.54 Å². The summed E-state index contributed by atoms with van der Waals surface area (Å²) in [6, 6.07) is 6.34. The van der Waals surface area contributed by atoms with Crippen molar-refractivity contribution in [3.63, 3.8) is 0 Å². The molecule has 1 aromatic rings. The number of phenolic OH excluding ortho intramolecular Hbond substituents is 1. The van der Waals surface area contributed by atoms with Crippen molar-refractivity contribution in [1.82, 2.24) is 5.32 Å². The molecule has 0 aliphatic carbocycles. The average molecular weight is 203 g/mol. The summed E-state index contributed by atoms with van der Waals surface area (Å²) in [6.45, 7) is 4.80. The fraction of sp³-hybridized carbons (Fsp3) is 0.385. The van der Waals surface area contributed by atoms with E-state index >= 15 is 0 Å². The van der Waals surface area contributed by atoms with E-state index in [1.165, 1.54) is 18.4 Å². The topological polar surface area (TPSA) is 32.3 Å². The summed E-state index contributed by atoms with van der Waals surface area (Å²) in [5, 5.41) is 13.1. The predicted molar refractivity (Wildman–Crippen MR) is 62.0 cm³/mol. The fourth-order valence-corrected chi connectivity index (χ4v) is 2.11. The van der Waals surface area contributed by atoms with Gasteiger partial charge in [-0.25, -0.2) is 0 Å². The number of hydrogen-bond acceptors (Lipinski definition) is 2. The zero-order valence-corrected chi connectivity index (χ0v) is 8.87. The molecule has 0 unspecified atom stereocenters. The van der Waals surface area contributed by atoms with Crippen LogP contribution in [-0.2, 0) is 6.42 Å². The number of benzene rings is 1. The van der Waals surface area contributed by atoms with Crippen molar-refractivity contribution in [2.24, 2.45) is 0 Å². The van der Waals surface area contributed by atoms with Gasteiger partial charge in [-0.2, -0.15) is 0 Å². The summed E-state index contributed by atoms with van der Waals surface area (Å²) in [6.07, 6.45) is 4.98. The first kappa shape index (κ1) is 10.2. The monoisotopic (exact) mass is 203 g/mol. The lowest BCUT2D eigenvalue weighted by molar-refractivity contribution is 0.469. The minimum atomic E-state index is 0.372. The van der Waals surface area contributed by atoms with Crippen molar-refractivity contribution < 1.29 is 5.11 Å². The van der Waals surface area contributed by atoms with Gasteiger partial charge in [0.1, 0.15) is 5.75 Å². The van der Waals surface area contributed by atoms with Gasteiger partial charge in [0.05, 0.1) is 0 Å². The molecular formula is C13H17NO. The van der Waals surface area contributed by atoms with E-state index in [0.29, 0.717) is 11.8 Å². The molecule has 0 spiro atoms. The summed E-state index contributed by atoms with van der Waals surface area (Å²) in [5.74, 6) is 0.372. The van der Waals surface area contributed by atoms with Gasteiger partial charge in [0.2, 0.25) is 0 Å². The second-order valence-corrected chi connectivity index (χ2v) is 4.03. The summed E-state index contributed by atoms with van der Waals surface area (Å²) < 4.78 is 0. The largest absolute Gasteiger partial charge is 0.508 e. The van der Waals surface area contributed by atoms with Crippen LogP contribution in [-0.4, -0.2) is 11.7 Å². The van der Waals surface area contributed by atoms with Crippen molar-refractivity contribution in [2.45, 2.75) is 25.3 Å². The van der Waals surface area contributed by atoms with E-state index in [0.717, 1.165) is 18.5 Å². The third kappa shape index (κ3) is 2.21. The fourth-order valence-electron chi connectivity index (χ4n) is 2.11. The molecule has 1 aliphatic heterocycles. The highest BCUT2D eigenvalue weighted by molar-refractivity contribution is 5.38. The van der Waals surface area contributed by atoms with Gasteiger partial charge in [-0.05, 0) is 43.0 Å². The van der Waals surface area contributed by atoms with Crippen molar-refractivity contribution in [3.05, 3.63) is 42.0 Å². The number of nitrogens with one attached hydrogen (secondary N) is 1. The molecule has 1 fully saturated rings. The highest BCUT2D eigenvalue weighted by Crippen LogP contribution is 2.27. The molecule has 80 valence electrons. The van der Waals surface area contributed by atoms with Gasteiger partial charge in [-0.15, -0.1) is 6.58 Å². The standard InChI is InChI=1S/C13H17NO/c1-2-4-11-9-10(6-7-13(11)15)12-5-3-8-14-12/h2,6-7,9,12,14-15H,1,3-5,8H2/t12-/m1/s1. The van der Waals surface area contributed by atoms with Crippen LogP contribution >= 0.6 is 0 Å². The summed E-state index contributed by atoms with van der Waals surface area (Å²) in [5.41, 5.74) is 2.25. The zero-order valence-electron chi connectivity index (χ0n) is 8.87. The molecule has 0 amide bonds. The van der Waals surface area contributed by atoms with Crippen LogP contribution in [0.5, 0.6) is 5.75 Å². The van der Waals surface area contributed by atoms with Gasteiger partial charge in [-0.3, -0.25) is 0 Å². The Balaban J connectivity index is 2.24. The molecule has 2 nitrogen and oxygen atoms in total. The molecular weight excluding hydrogens is 186 g/mol. The van der Waals surface area contributed by atoms with Gasteiger partial charge in [0.25, 0.3) is 0 Å². The second kappa shape index (κ2) is 4.49. The number of allylic oxidation sites excluding steroid dienone is 1. The first-order valence-corrected chi connectivity index (χ1v) is 5.47. The van der Waals surface area contributed by atoms with E-state index in [2.05, 4.69) is 18.0 Å². The predicted octanol–water partition coefficient (Wildman–Crippen LogP) is 2.55. The molecule has 0 bridgehead atoms. The number of phenols is 1. The minimum Gasteiger partial charge on any atom is -0.508 e. The van der Waals surface area contributed by atoms with E-state index in [9.17, 15) is 5.11 Å². The van der Waals surface area contributed by atoms with E-state index < -0.39 is 0 Å². The van der Waals surface area contributed by atoms with Gasteiger partial charge in [0.15, 0.2) is 0 Å². The maximum Gasteiger partial charge on any atom is 0.119 e. The second-order valence-electron chi connectivity index (χ2n) is 4.03. The van der Waals surface area contributed by atoms with Gasteiger partial charge >= 0.3 is 0 Å². The Morgan fingerprint density at radius 2 is 2.40 bits per heavy atom. The molecule has 2 rings (SSSR count). The third-order valence-corrected chi connectivity index (χ3v) is 2.93. The third-order valence-electron chi connectivity index (χ3n) is 2.93. The van der Waals surface area contributed by atoms with E-state index in [1.54, 1.807) is 6.07 Å². The van der Waals surface area contributed by atoms with E-state index in [-0.39, 0.29) is 0 Å². The van der Waals surface area contributed by atoms with Crippen LogP contribution in [0.15, 0.2) is 30.9 Å². The minimum absolute atomic E-state index is 0.372. The molecule has 1 aromatic carbocycles. The lowest BCUT2D eigenvalue weighted by Gasteiger charge is -2.12. The van der Waals surface area contributed by atoms with Crippen molar-refractivity contribution in [3.8, 4) is 5.75 Å². The molecule has 0 aromatic heterocycles. The van der Waals surface area contributed by atoms with Crippen LogP contribution in [0.25, 0.3) is 0 Å². The summed E-state index contributed by atoms with van der Waals surface area (Å²) in [7, 11) is 0. The van der Waals surface area contributed by atoms with Crippen LogP contribution in [0.3, 0.4) is 0 Å². The maximum atomic E-state index is 9.64. The first-order valence-electron chi connectivity index (χ1n) is 5.47. The smallest absolute Gasteiger partial charge is 0.119 e. The molecule has 1 heterocycles. The summed E-state index contributed by atoms with van der Waals surface area (Å²) in [4.78, 5) is 0. The molecule has 1 atom stereocenters. The Morgan fingerprint density at radius 3 is 3.07 bits per heavy atom. The molecule has 2 N–H and O–H groups in total. The van der Waals surface area contributed by atoms with Crippen LogP contribution in [0.2, 0.25) is 0 Å². The Hall–Kier alpha value is -1.28. The van der Waals surface area contributed by atoms with Gasteiger partial charge in [0, 0.05) is 6.04 Å². The summed E-state index contributed by atoms with van der Waals surface area (Å²) >= 11 is 0. The lowest BCUT2D eigenvalue weighted by atomic mass is 10.0. The van der Waals surface area contributed by atoms with Gasteiger partial charge in [-0.1, -0.05) is 18.2 Å². The molecule has 15 heavy (non-hydrogen) atoms. The average Bonchev–Trinajstić information content (AvgIpc) is 2.75. The van der Waals surface area contributed by atoms with E-state index in [4.69, 9.17) is 0 Å². The van der Waals surface area contributed by atoms with Gasteiger partial charge < -0.3 is 10.4 Å². The van der Waals surface area contributed by atoms with Crippen LogP contribution in [0.4, 0.5) is 0 Å². The Bertz CT molecular complexity index is 354. The zero-order chi connectivity index (χ0) is 10.7. The van der Waals surface area contributed by atoms with Crippen LogP contribution in [0.1, 0.15) is 30.0 Å². The highest BCUT2D eigenvalue weighted by atomic mass is 16.3. The molecule has 1 aliphatic rings. The Kier molecular flexibility index (Phi) is 3.07. The molecule has 1 saturated heterocycles. The Morgan fingerprint density at radius 1 is 1.53 bits per heavy atom. The quantitative estimate of drug-likeness (QED) is 0.740. The Labute approximate surface area is 90.6 Å². The molecule has 0 saturated carbocycles. The van der Waals surface area contributed by atoms with Crippen molar-refractivity contribution >= 4 is 0 Å². The number of aromatic hydroxyl groups is 1. The van der Waals surface area contributed by atoms with Crippen molar-refractivity contribution in [1.29, 1.82) is 0 Å². The number of hydrogen-bond donors (Lipinski definition) is 2. The van der Waals surface area contributed by atoms with E-state index in [1.807, 2.05) is 12.1 Å². The first-order chi connectivity index (χ1) is 7.31. The highest BCUT2D eigenvalue weighted by Gasteiger charge is 2.16. The maximum absolute atomic E-state index is 9.64. The van der Waals surface area contributed by atoms with Crippen LogP contribution < -0.4 is 5.32 Å². The molecule has 2 heteroatoms. The number of rotatable bonds is 3. The molecule has 0 radical (unpaired) electrons. The van der Waals surface area contributed by atoms with Crippen LogP contribution in [0, 0.1) is 0 Å².